The van der Waals surface area contributed by atoms with Gasteiger partial charge in [0.05, 0.1) is 18.1 Å². The van der Waals surface area contributed by atoms with Crippen LogP contribution in [0.15, 0.2) is 5.16 Å². The first-order valence-electron chi connectivity index (χ1n) is 5.44. The molecule has 0 aromatic carbocycles. The number of nitrogens with two attached hydrogens (primary N) is 1. The topological polar surface area (TPSA) is 77.1 Å². The molecule has 5 nitrogen and oxygen atoms in total. The van der Waals surface area contributed by atoms with Crippen molar-refractivity contribution in [3.63, 3.8) is 0 Å². The highest BCUT2D eigenvalue weighted by molar-refractivity contribution is 5.88. The first-order valence-corrected chi connectivity index (χ1v) is 5.44. The molecular formula is C10H18N2O3. The summed E-state index contributed by atoms with van der Waals surface area (Å²) in [7, 11) is 0. The summed E-state index contributed by atoms with van der Waals surface area (Å²) in [5, 5.41) is 11.7. The molecule has 2 fully saturated rings. The molecule has 2 aliphatic rings. The molecule has 1 heterocycles. The van der Waals surface area contributed by atoms with Crippen LogP contribution < -0.4 is 5.73 Å². The predicted octanol–water partition coefficient (Wildman–Crippen LogP) is 0.709. The Labute approximate surface area is 89.2 Å². The summed E-state index contributed by atoms with van der Waals surface area (Å²) in [6.45, 7) is 2.13. The fourth-order valence-electron chi connectivity index (χ4n) is 1.85. The van der Waals surface area contributed by atoms with Crippen LogP contribution in [0.1, 0.15) is 25.7 Å². The molecule has 5 heteroatoms. The first kappa shape index (κ1) is 10.7. The second-order valence-electron chi connectivity index (χ2n) is 4.39. The van der Waals surface area contributed by atoms with Gasteiger partial charge in [0.25, 0.3) is 0 Å². The van der Waals surface area contributed by atoms with Crippen molar-refractivity contribution in [1.82, 2.24) is 0 Å². The van der Waals surface area contributed by atoms with Gasteiger partial charge in [0, 0.05) is 13.2 Å². The Morgan fingerprint density at radius 3 is 2.67 bits per heavy atom. The lowest BCUT2D eigenvalue weighted by Crippen LogP contribution is -2.33. The summed E-state index contributed by atoms with van der Waals surface area (Å²) in [5.41, 5.74) is 5.45. The Balaban J connectivity index is 1.77. The minimum atomic E-state index is -0.174. The van der Waals surface area contributed by atoms with E-state index in [9.17, 15) is 0 Å². The molecule has 0 atom stereocenters. The van der Waals surface area contributed by atoms with Gasteiger partial charge in [-0.15, -0.1) is 0 Å². The Morgan fingerprint density at radius 1 is 1.47 bits per heavy atom. The van der Waals surface area contributed by atoms with Crippen molar-refractivity contribution in [3.8, 4) is 0 Å². The van der Waals surface area contributed by atoms with Gasteiger partial charge in [-0.25, -0.2) is 0 Å². The summed E-state index contributed by atoms with van der Waals surface area (Å²) in [5.74, 6) is 0.314. The van der Waals surface area contributed by atoms with E-state index in [2.05, 4.69) is 5.16 Å². The number of nitrogens with zero attached hydrogens (tertiary/aromatic N) is 1. The van der Waals surface area contributed by atoms with Gasteiger partial charge in [-0.1, -0.05) is 5.16 Å². The van der Waals surface area contributed by atoms with Crippen LogP contribution in [0.4, 0.5) is 0 Å². The molecule has 0 unspecified atom stereocenters. The third-order valence-corrected chi connectivity index (χ3v) is 3.27. The largest absolute Gasteiger partial charge is 0.409 e. The number of ether oxygens (including phenoxy) is 2. The number of rotatable bonds is 4. The molecule has 1 aliphatic heterocycles. The van der Waals surface area contributed by atoms with Crippen molar-refractivity contribution in [2.24, 2.45) is 16.3 Å². The van der Waals surface area contributed by atoms with Crippen molar-refractivity contribution >= 4 is 5.84 Å². The van der Waals surface area contributed by atoms with Crippen molar-refractivity contribution in [1.29, 1.82) is 0 Å². The summed E-state index contributed by atoms with van der Waals surface area (Å²) in [6.07, 6.45) is 4.11. The molecule has 0 bridgehead atoms. The highest BCUT2D eigenvalue weighted by atomic mass is 16.5. The molecule has 2 rings (SSSR count). The molecule has 0 amide bonds. The second-order valence-corrected chi connectivity index (χ2v) is 4.39. The van der Waals surface area contributed by atoms with Gasteiger partial charge in [-0.3, -0.25) is 0 Å². The van der Waals surface area contributed by atoms with Crippen LogP contribution in [0, 0.1) is 5.41 Å². The van der Waals surface area contributed by atoms with Crippen molar-refractivity contribution < 1.29 is 14.7 Å². The predicted molar refractivity (Wildman–Crippen MR) is 54.9 cm³/mol. The van der Waals surface area contributed by atoms with Crippen LogP contribution in [-0.2, 0) is 9.47 Å². The van der Waals surface area contributed by atoms with E-state index < -0.39 is 0 Å². The standard InChI is InChI=1S/C10H18N2O3/c11-9(12-13)10(3-4-10)7-15-8-1-5-14-6-2-8/h8,13H,1-7H2,(H2,11,12). The zero-order valence-corrected chi connectivity index (χ0v) is 8.82. The van der Waals surface area contributed by atoms with Crippen LogP contribution in [-0.4, -0.2) is 37.0 Å². The zero-order chi connectivity index (χ0) is 10.7. The fourth-order valence-corrected chi connectivity index (χ4v) is 1.85. The third-order valence-electron chi connectivity index (χ3n) is 3.27. The average Bonchev–Trinajstić information content (AvgIpc) is 3.08. The maximum Gasteiger partial charge on any atom is 0.147 e. The van der Waals surface area contributed by atoms with E-state index in [4.69, 9.17) is 20.4 Å². The second kappa shape index (κ2) is 4.37. The van der Waals surface area contributed by atoms with E-state index in [1.807, 2.05) is 0 Å². The summed E-state index contributed by atoms with van der Waals surface area (Å²) in [4.78, 5) is 0. The molecule has 1 aliphatic carbocycles. The van der Waals surface area contributed by atoms with Gasteiger partial charge < -0.3 is 20.4 Å². The maximum absolute atomic E-state index is 8.63. The van der Waals surface area contributed by atoms with Gasteiger partial charge in [-0.05, 0) is 25.7 Å². The summed E-state index contributed by atoms with van der Waals surface area (Å²) in [6, 6.07) is 0. The van der Waals surface area contributed by atoms with Crippen LogP contribution in [0.5, 0.6) is 0 Å². The van der Waals surface area contributed by atoms with E-state index in [1.54, 1.807) is 0 Å². The highest BCUT2D eigenvalue weighted by Gasteiger charge is 2.48. The van der Waals surface area contributed by atoms with Crippen LogP contribution in [0.25, 0.3) is 0 Å². The van der Waals surface area contributed by atoms with Crippen LogP contribution in [0.3, 0.4) is 0 Å². The Kier molecular flexibility index (Phi) is 3.11. The number of hydrogen-bond acceptors (Lipinski definition) is 4. The Bertz CT molecular complexity index is 245. The minimum Gasteiger partial charge on any atom is -0.409 e. The molecule has 0 aromatic rings. The Morgan fingerprint density at radius 2 is 2.13 bits per heavy atom. The van der Waals surface area contributed by atoms with Crippen molar-refractivity contribution in [3.05, 3.63) is 0 Å². The van der Waals surface area contributed by atoms with Crippen LogP contribution >= 0.6 is 0 Å². The average molecular weight is 214 g/mol. The SMILES string of the molecule is N/C(=N/O)C1(COC2CCOCC2)CC1. The van der Waals surface area contributed by atoms with Gasteiger partial charge >= 0.3 is 0 Å². The van der Waals surface area contributed by atoms with Crippen molar-refractivity contribution in [2.45, 2.75) is 31.8 Å². The van der Waals surface area contributed by atoms with E-state index in [0.717, 1.165) is 38.9 Å². The molecule has 1 saturated heterocycles. The molecule has 0 spiro atoms. The monoisotopic (exact) mass is 214 g/mol. The van der Waals surface area contributed by atoms with Gasteiger partial charge in [0.15, 0.2) is 0 Å². The molecule has 86 valence electrons. The van der Waals surface area contributed by atoms with E-state index in [1.165, 1.54) is 0 Å². The van der Waals surface area contributed by atoms with Gasteiger partial charge in [-0.2, -0.15) is 0 Å². The van der Waals surface area contributed by atoms with E-state index in [-0.39, 0.29) is 11.5 Å². The summed E-state index contributed by atoms with van der Waals surface area (Å²) >= 11 is 0. The molecule has 0 radical (unpaired) electrons. The van der Waals surface area contributed by atoms with Crippen LogP contribution in [0.2, 0.25) is 0 Å². The third kappa shape index (κ3) is 2.41. The number of oxime groups is 1. The zero-order valence-electron chi connectivity index (χ0n) is 8.82. The molecule has 1 saturated carbocycles. The number of amidine groups is 1. The number of hydrogen-bond donors (Lipinski definition) is 2. The summed E-state index contributed by atoms with van der Waals surface area (Å²) < 4.78 is 11.0. The lowest BCUT2D eigenvalue weighted by molar-refractivity contribution is -0.0399. The van der Waals surface area contributed by atoms with Gasteiger partial charge in [0.1, 0.15) is 5.84 Å². The van der Waals surface area contributed by atoms with E-state index in [0.29, 0.717) is 12.4 Å². The van der Waals surface area contributed by atoms with E-state index >= 15 is 0 Å². The highest BCUT2D eigenvalue weighted by Crippen LogP contribution is 2.46. The first-order chi connectivity index (χ1) is 7.27. The molecular weight excluding hydrogens is 196 g/mol. The molecule has 15 heavy (non-hydrogen) atoms. The quantitative estimate of drug-likeness (QED) is 0.313. The minimum absolute atomic E-state index is 0.174. The normalized spacial score (nSPS) is 26.5. The van der Waals surface area contributed by atoms with Crippen molar-refractivity contribution in [2.75, 3.05) is 19.8 Å². The maximum atomic E-state index is 8.63. The smallest absolute Gasteiger partial charge is 0.147 e. The molecule has 3 N–H and O–H groups in total. The van der Waals surface area contributed by atoms with Gasteiger partial charge in [0.2, 0.25) is 0 Å². The lowest BCUT2D eigenvalue weighted by Gasteiger charge is -2.24. The fraction of sp³-hybridized carbons (Fsp3) is 0.900. The molecule has 0 aromatic heterocycles. The lowest BCUT2D eigenvalue weighted by atomic mass is 10.1. The Hall–Kier alpha value is -0.810.